The van der Waals surface area contributed by atoms with Crippen molar-refractivity contribution in [3.8, 4) is 0 Å². The lowest BCUT2D eigenvalue weighted by Gasteiger charge is -2.33. The molecule has 1 fully saturated rings. The minimum atomic E-state index is -3.05. The van der Waals surface area contributed by atoms with Crippen LogP contribution in [0.2, 0.25) is 0 Å². The van der Waals surface area contributed by atoms with Crippen LogP contribution in [-0.4, -0.2) is 55.4 Å². The molecule has 0 spiro atoms. The van der Waals surface area contributed by atoms with Gasteiger partial charge in [-0.1, -0.05) is 13.8 Å². The van der Waals surface area contributed by atoms with Gasteiger partial charge in [-0.25, -0.2) is 12.7 Å². The van der Waals surface area contributed by atoms with Crippen molar-refractivity contribution >= 4 is 10.0 Å². The third-order valence-electron chi connectivity index (χ3n) is 3.95. The van der Waals surface area contributed by atoms with E-state index in [-0.39, 0.29) is 0 Å². The maximum Gasteiger partial charge on any atom is 0.211 e. The zero-order valence-corrected chi connectivity index (χ0v) is 14.0. The molecule has 0 aromatic carbocycles. The molecule has 1 aliphatic rings. The molecular formula is C14H30N2O3S. The molecule has 1 aliphatic heterocycles. The Balaban J connectivity index is 2.30. The summed E-state index contributed by atoms with van der Waals surface area (Å²) in [6, 6.07) is 0.304. The summed E-state index contributed by atoms with van der Waals surface area (Å²) in [6.07, 6.45) is 4.69. The fraction of sp³-hybridized carbons (Fsp3) is 1.00. The average molecular weight is 306 g/mol. The summed E-state index contributed by atoms with van der Waals surface area (Å²) in [5, 5.41) is 13.7. The van der Waals surface area contributed by atoms with E-state index in [1.165, 1.54) is 10.6 Å². The van der Waals surface area contributed by atoms with Crippen LogP contribution in [0.1, 0.15) is 46.5 Å². The highest BCUT2D eigenvalue weighted by molar-refractivity contribution is 7.88. The Morgan fingerprint density at radius 1 is 1.35 bits per heavy atom. The Hall–Kier alpha value is -0.170. The molecule has 0 radical (unpaired) electrons. The van der Waals surface area contributed by atoms with Gasteiger partial charge < -0.3 is 10.4 Å². The molecule has 0 aromatic rings. The number of hydrogen-bond donors (Lipinski definition) is 2. The minimum absolute atomic E-state index is 0.304. The fourth-order valence-electron chi connectivity index (χ4n) is 2.44. The first kappa shape index (κ1) is 17.9. The lowest BCUT2D eigenvalue weighted by Crippen LogP contribution is -2.48. The summed E-state index contributed by atoms with van der Waals surface area (Å²) >= 11 is 0. The van der Waals surface area contributed by atoms with Gasteiger partial charge in [-0.3, -0.25) is 0 Å². The summed E-state index contributed by atoms with van der Waals surface area (Å²) in [6.45, 7) is 7.90. The van der Waals surface area contributed by atoms with E-state index in [9.17, 15) is 13.5 Å². The van der Waals surface area contributed by atoms with E-state index in [4.69, 9.17) is 0 Å². The number of nitrogens with zero attached hydrogens (tertiary/aromatic N) is 1. The molecule has 20 heavy (non-hydrogen) atoms. The van der Waals surface area contributed by atoms with Crippen LogP contribution in [0, 0.1) is 5.92 Å². The molecule has 0 amide bonds. The van der Waals surface area contributed by atoms with E-state index in [2.05, 4.69) is 19.2 Å². The lowest BCUT2D eigenvalue weighted by molar-refractivity contribution is 0.0407. The van der Waals surface area contributed by atoms with Crippen molar-refractivity contribution < 1.29 is 13.5 Å². The van der Waals surface area contributed by atoms with Gasteiger partial charge in [0.05, 0.1) is 11.9 Å². The molecule has 5 nitrogen and oxygen atoms in total. The van der Waals surface area contributed by atoms with Gasteiger partial charge in [-0.2, -0.15) is 0 Å². The summed E-state index contributed by atoms with van der Waals surface area (Å²) in [5.74, 6) is 0.597. The Morgan fingerprint density at radius 2 is 1.90 bits per heavy atom. The normalized spacial score (nSPS) is 22.1. The minimum Gasteiger partial charge on any atom is -0.389 e. The highest BCUT2D eigenvalue weighted by atomic mass is 32.2. The van der Waals surface area contributed by atoms with Crippen LogP contribution in [0.15, 0.2) is 0 Å². The molecule has 6 heteroatoms. The molecule has 1 saturated heterocycles. The zero-order chi connectivity index (χ0) is 15.4. The van der Waals surface area contributed by atoms with Crippen molar-refractivity contribution in [2.75, 3.05) is 25.9 Å². The molecule has 0 aliphatic carbocycles. The van der Waals surface area contributed by atoms with Crippen molar-refractivity contribution in [3.05, 3.63) is 0 Å². The topological polar surface area (TPSA) is 69.6 Å². The fourth-order valence-corrected chi connectivity index (χ4v) is 3.32. The maximum atomic E-state index is 11.4. The van der Waals surface area contributed by atoms with Gasteiger partial charge in [0.25, 0.3) is 0 Å². The molecule has 1 heterocycles. The highest BCUT2D eigenvalue weighted by Gasteiger charge is 2.27. The zero-order valence-electron chi connectivity index (χ0n) is 13.2. The van der Waals surface area contributed by atoms with Crippen molar-refractivity contribution in [2.45, 2.75) is 58.1 Å². The molecule has 0 bridgehead atoms. The van der Waals surface area contributed by atoms with E-state index >= 15 is 0 Å². The Morgan fingerprint density at radius 3 is 2.35 bits per heavy atom. The van der Waals surface area contributed by atoms with Gasteiger partial charge >= 0.3 is 0 Å². The molecule has 0 saturated carbocycles. The van der Waals surface area contributed by atoms with Crippen LogP contribution in [0.5, 0.6) is 0 Å². The standard InChI is InChI=1S/C14H30N2O3S/c1-12(2)5-8-14(3,17)11-15-13-6-9-16(10-7-13)20(4,18)19/h12-13,15,17H,5-11H2,1-4H3/t14-/m0/s1. The first-order valence-corrected chi connectivity index (χ1v) is 9.36. The molecule has 0 aromatic heterocycles. The summed E-state index contributed by atoms with van der Waals surface area (Å²) < 4.78 is 24.4. The van der Waals surface area contributed by atoms with Gasteiger partial charge in [0.1, 0.15) is 0 Å². The summed E-state index contributed by atoms with van der Waals surface area (Å²) in [7, 11) is -3.05. The van der Waals surface area contributed by atoms with Gasteiger partial charge in [0.15, 0.2) is 0 Å². The Labute approximate surface area is 123 Å². The van der Waals surface area contributed by atoms with Gasteiger partial charge in [-0.15, -0.1) is 0 Å². The molecular weight excluding hydrogens is 276 g/mol. The van der Waals surface area contributed by atoms with E-state index < -0.39 is 15.6 Å². The maximum absolute atomic E-state index is 11.4. The molecule has 120 valence electrons. The second kappa shape index (κ2) is 7.20. The van der Waals surface area contributed by atoms with Crippen LogP contribution in [0.3, 0.4) is 0 Å². The number of nitrogens with one attached hydrogen (secondary N) is 1. The number of aliphatic hydroxyl groups is 1. The lowest BCUT2D eigenvalue weighted by atomic mass is 9.94. The quantitative estimate of drug-likeness (QED) is 0.741. The number of hydrogen-bond acceptors (Lipinski definition) is 4. The largest absolute Gasteiger partial charge is 0.389 e. The van der Waals surface area contributed by atoms with Gasteiger partial charge in [0, 0.05) is 25.7 Å². The SMILES string of the molecule is CC(C)CC[C@](C)(O)CNC1CCN(S(C)(=O)=O)CC1. The van der Waals surface area contributed by atoms with Gasteiger partial charge in [-0.05, 0) is 38.5 Å². The Bertz CT molecular complexity index is 385. The Kier molecular flexibility index (Phi) is 6.44. The van der Waals surface area contributed by atoms with E-state index in [1.807, 2.05) is 6.92 Å². The molecule has 0 unspecified atom stereocenters. The van der Waals surface area contributed by atoms with Crippen LogP contribution < -0.4 is 5.32 Å². The van der Waals surface area contributed by atoms with Crippen molar-refractivity contribution in [1.29, 1.82) is 0 Å². The van der Waals surface area contributed by atoms with E-state index in [0.717, 1.165) is 25.7 Å². The monoisotopic (exact) mass is 306 g/mol. The van der Waals surface area contributed by atoms with Crippen molar-refractivity contribution in [2.24, 2.45) is 5.92 Å². The summed E-state index contributed by atoms with van der Waals surface area (Å²) in [4.78, 5) is 0. The third kappa shape index (κ3) is 6.52. The van der Waals surface area contributed by atoms with Crippen LogP contribution >= 0.6 is 0 Å². The number of piperidine rings is 1. The first-order valence-electron chi connectivity index (χ1n) is 7.51. The highest BCUT2D eigenvalue weighted by Crippen LogP contribution is 2.18. The summed E-state index contributed by atoms with van der Waals surface area (Å²) in [5.41, 5.74) is -0.682. The average Bonchev–Trinajstić information content (AvgIpc) is 2.34. The third-order valence-corrected chi connectivity index (χ3v) is 5.26. The second-order valence-corrected chi connectivity index (χ2v) is 8.73. The molecule has 1 atom stereocenters. The van der Waals surface area contributed by atoms with Crippen molar-refractivity contribution in [3.63, 3.8) is 0 Å². The number of rotatable bonds is 7. The van der Waals surface area contributed by atoms with Gasteiger partial charge in [0.2, 0.25) is 10.0 Å². The molecule has 2 N–H and O–H groups in total. The van der Waals surface area contributed by atoms with Crippen molar-refractivity contribution in [1.82, 2.24) is 9.62 Å². The first-order chi connectivity index (χ1) is 9.10. The predicted molar refractivity (Wildman–Crippen MR) is 82.1 cm³/mol. The van der Waals surface area contributed by atoms with E-state index in [0.29, 0.717) is 31.6 Å². The van der Waals surface area contributed by atoms with Crippen LogP contribution in [0.25, 0.3) is 0 Å². The smallest absolute Gasteiger partial charge is 0.211 e. The van der Waals surface area contributed by atoms with Crippen LogP contribution in [0.4, 0.5) is 0 Å². The second-order valence-electron chi connectivity index (χ2n) is 6.75. The molecule has 1 rings (SSSR count). The van der Waals surface area contributed by atoms with E-state index in [1.54, 1.807) is 0 Å². The predicted octanol–water partition coefficient (Wildman–Crippen LogP) is 1.19. The van der Waals surface area contributed by atoms with Crippen LogP contribution in [-0.2, 0) is 10.0 Å². The number of sulfonamides is 1.